The lowest BCUT2D eigenvalue weighted by atomic mass is 9.63. The lowest BCUT2D eigenvalue weighted by Crippen LogP contribution is -2.28. The first-order chi connectivity index (χ1) is 7.27. The molecule has 0 amide bonds. The van der Waals surface area contributed by atoms with Gasteiger partial charge in [-0.25, -0.2) is 0 Å². The smallest absolute Gasteiger partial charge is 0.326 e. The molecule has 1 unspecified atom stereocenters. The first kappa shape index (κ1) is 10.5. The third-order valence-corrected chi connectivity index (χ3v) is 2.90. The SMILES string of the molecule is CCC1OB(C)c2c(NCO)cccc21. The molecule has 1 aliphatic heterocycles. The van der Waals surface area contributed by atoms with E-state index in [1.165, 1.54) is 11.0 Å². The number of benzene rings is 1. The lowest BCUT2D eigenvalue weighted by molar-refractivity contribution is 0.221. The molecule has 2 N–H and O–H groups in total. The van der Waals surface area contributed by atoms with Crippen LogP contribution in [0.15, 0.2) is 18.2 Å². The maximum atomic E-state index is 8.91. The molecule has 0 aliphatic carbocycles. The van der Waals surface area contributed by atoms with Gasteiger partial charge < -0.3 is 15.1 Å². The van der Waals surface area contributed by atoms with Crippen molar-refractivity contribution in [3.05, 3.63) is 23.8 Å². The highest BCUT2D eigenvalue weighted by Gasteiger charge is 2.32. The Hall–Kier alpha value is -0.995. The molecule has 0 aromatic heterocycles. The fourth-order valence-electron chi connectivity index (χ4n) is 2.26. The highest BCUT2D eigenvalue weighted by Crippen LogP contribution is 2.29. The summed E-state index contributed by atoms with van der Waals surface area (Å²) < 4.78 is 5.85. The number of hydrogen-bond donors (Lipinski definition) is 2. The Balaban J connectivity index is 2.42. The molecule has 80 valence electrons. The summed E-state index contributed by atoms with van der Waals surface area (Å²) in [6.07, 6.45) is 1.19. The molecule has 0 spiro atoms. The summed E-state index contributed by atoms with van der Waals surface area (Å²) in [5, 5.41) is 11.9. The van der Waals surface area contributed by atoms with Gasteiger partial charge in [-0.3, -0.25) is 0 Å². The number of aliphatic hydroxyl groups excluding tert-OH is 1. The molecule has 4 heteroatoms. The molecule has 0 bridgehead atoms. The first-order valence-electron chi connectivity index (χ1n) is 5.41. The predicted octanol–water partition coefficient (Wildman–Crippen LogP) is 1.36. The van der Waals surface area contributed by atoms with E-state index in [1.54, 1.807) is 0 Å². The molecule has 2 rings (SSSR count). The van der Waals surface area contributed by atoms with Crippen molar-refractivity contribution in [3.63, 3.8) is 0 Å². The van der Waals surface area contributed by atoms with Crippen LogP contribution in [0.4, 0.5) is 5.69 Å². The Kier molecular flexibility index (Phi) is 2.98. The van der Waals surface area contributed by atoms with Crippen LogP contribution in [0.5, 0.6) is 0 Å². The quantitative estimate of drug-likeness (QED) is 0.578. The summed E-state index contributed by atoms with van der Waals surface area (Å²) in [7, 11) is 0. The Labute approximate surface area is 90.6 Å². The zero-order valence-electron chi connectivity index (χ0n) is 9.16. The van der Waals surface area contributed by atoms with Crippen molar-refractivity contribution in [1.29, 1.82) is 0 Å². The monoisotopic (exact) mass is 205 g/mol. The second kappa shape index (κ2) is 4.25. The van der Waals surface area contributed by atoms with Crippen molar-refractivity contribution in [2.75, 3.05) is 12.0 Å². The van der Waals surface area contributed by atoms with Crippen molar-refractivity contribution in [1.82, 2.24) is 0 Å². The number of nitrogens with one attached hydrogen (secondary N) is 1. The van der Waals surface area contributed by atoms with Crippen molar-refractivity contribution in [3.8, 4) is 0 Å². The van der Waals surface area contributed by atoms with Crippen LogP contribution in [-0.2, 0) is 4.65 Å². The summed E-state index contributed by atoms with van der Waals surface area (Å²) in [5.74, 6) is 0. The van der Waals surface area contributed by atoms with E-state index in [0.717, 1.165) is 12.1 Å². The molecule has 0 fully saturated rings. The summed E-state index contributed by atoms with van der Waals surface area (Å²) in [4.78, 5) is 0. The van der Waals surface area contributed by atoms with E-state index in [4.69, 9.17) is 9.76 Å². The van der Waals surface area contributed by atoms with Gasteiger partial charge in [-0.1, -0.05) is 25.9 Å². The van der Waals surface area contributed by atoms with Crippen LogP contribution in [0.2, 0.25) is 6.82 Å². The van der Waals surface area contributed by atoms with Gasteiger partial charge in [-0.2, -0.15) is 0 Å². The Bertz CT molecular complexity index is 356. The zero-order chi connectivity index (χ0) is 10.8. The number of hydrogen-bond acceptors (Lipinski definition) is 3. The van der Waals surface area contributed by atoms with E-state index in [0.29, 0.717) is 0 Å². The van der Waals surface area contributed by atoms with Crippen molar-refractivity contribution >= 4 is 18.1 Å². The van der Waals surface area contributed by atoms with Crippen LogP contribution in [-0.4, -0.2) is 18.8 Å². The van der Waals surface area contributed by atoms with Gasteiger partial charge in [0.05, 0.1) is 6.10 Å². The van der Waals surface area contributed by atoms with Gasteiger partial charge in [0.25, 0.3) is 0 Å². The molecule has 0 saturated heterocycles. The van der Waals surface area contributed by atoms with Crippen LogP contribution in [0.1, 0.15) is 25.0 Å². The van der Waals surface area contributed by atoms with Crippen LogP contribution in [0.3, 0.4) is 0 Å². The molecule has 0 saturated carbocycles. The molecular formula is C11H16BNO2. The average Bonchev–Trinajstić information content (AvgIpc) is 2.57. The van der Waals surface area contributed by atoms with Crippen LogP contribution in [0, 0.1) is 0 Å². The van der Waals surface area contributed by atoms with Crippen molar-refractivity contribution < 1.29 is 9.76 Å². The van der Waals surface area contributed by atoms with Gasteiger partial charge in [-0.05, 0) is 23.5 Å². The maximum Gasteiger partial charge on any atom is 0.326 e. The minimum absolute atomic E-state index is 0.0417. The van der Waals surface area contributed by atoms with E-state index < -0.39 is 0 Å². The van der Waals surface area contributed by atoms with Crippen molar-refractivity contribution in [2.24, 2.45) is 0 Å². The fourth-order valence-corrected chi connectivity index (χ4v) is 2.26. The normalized spacial score (nSPS) is 19.1. The number of anilines is 1. The van der Waals surface area contributed by atoms with Gasteiger partial charge in [0.2, 0.25) is 0 Å². The summed E-state index contributed by atoms with van der Waals surface area (Å²) in [6.45, 7) is 4.25. The summed E-state index contributed by atoms with van der Waals surface area (Å²) >= 11 is 0. The van der Waals surface area contributed by atoms with E-state index in [-0.39, 0.29) is 19.8 Å². The lowest BCUT2D eigenvalue weighted by Gasteiger charge is -2.10. The van der Waals surface area contributed by atoms with Crippen molar-refractivity contribution in [2.45, 2.75) is 26.3 Å². The minimum Gasteiger partial charge on any atom is -0.424 e. The third kappa shape index (κ3) is 1.75. The highest BCUT2D eigenvalue weighted by atomic mass is 16.5. The van der Waals surface area contributed by atoms with Gasteiger partial charge >= 0.3 is 6.92 Å². The van der Waals surface area contributed by atoms with Gasteiger partial charge in [0.15, 0.2) is 0 Å². The third-order valence-electron chi connectivity index (χ3n) is 2.90. The first-order valence-corrected chi connectivity index (χ1v) is 5.41. The summed E-state index contributed by atoms with van der Waals surface area (Å²) in [5.41, 5.74) is 3.43. The molecule has 1 aromatic rings. The summed E-state index contributed by atoms with van der Waals surface area (Å²) in [6, 6.07) is 6.09. The van der Waals surface area contributed by atoms with Crippen LogP contribution >= 0.6 is 0 Å². The second-order valence-corrected chi connectivity index (χ2v) is 3.82. The van der Waals surface area contributed by atoms with E-state index >= 15 is 0 Å². The maximum absolute atomic E-state index is 8.91. The Morgan fingerprint density at radius 2 is 2.33 bits per heavy atom. The standard InChI is InChI=1S/C11H16BNO2/c1-3-10-8-5-4-6-9(13-7-14)11(8)12(2)15-10/h4-6,10,13-14H,3,7H2,1-2H3. The number of aliphatic hydroxyl groups is 1. The second-order valence-electron chi connectivity index (χ2n) is 3.82. The molecule has 1 aromatic carbocycles. The number of rotatable bonds is 3. The molecule has 15 heavy (non-hydrogen) atoms. The Morgan fingerprint density at radius 1 is 1.53 bits per heavy atom. The molecular weight excluding hydrogens is 189 g/mol. The molecule has 3 nitrogen and oxygen atoms in total. The average molecular weight is 205 g/mol. The van der Waals surface area contributed by atoms with Crippen LogP contribution < -0.4 is 10.8 Å². The van der Waals surface area contributed by atoms with Gasteiger partial charge in [-0.15, -0.1) is 0 Å². The predicted molar refractivity (Wildman–Crippen MR) is 62.5 cm³/mol. The largest absolute Gasteiger partial charge is 0.424 e. The van der Waals surface area contributed by atoms with Gasteiger partial charge in [0, 0.05) is 5.69 Å². The van der Waals surface area contributed by atoms with E-state index in [9.17, 15) is 0 Å². The minimum atomic E-state index is -0.0417. The fraction of sp³-hybridized carbons (Fsp3) is 0.455. The number of fused-ring (bicyclic) bond motifs is 1. The Morgan fingerprint density at radius 3 is 3.00 bits per heavy atom. The molecule has 0 radical (unpaired) electrons. The topological polar surface area (TPSA) is 41.5 Å². The highest BCUT2D eigenvalue weighted by molar-refractivity contribution is 6.69. The zero-order valence-corrected chi connectivity index (χ0v) is 9.16. The van der Waals surface area contributed by atoms with E-state index in [2.05, 4.69) is 25.1 Å². The van der Waals surface area contributed by atoms with Crippen LogP contribution in [0.25, 0.3) is 0 Å². The van der Waals surface area contributed by atoms with Gasteiger partial charge in [0.1, 0.15) is 6.73 Å². The molecule has 1 heterocycles. The van der Waals surface area contributed by atoms with E-state index in [1.807, 2.05) is 12.1 Å². The molecule has 1 aliphatic rings. The molecule has 1 atom stereocenters.